The van der Waals surface area contributed by atoms with Gasteiger partial charge in [0, 0.05) is 44.0 Å². The molecular formula is C52H40BN5. The van der Waals surface area contributed by atoms with Crippen molar-refractivity contribution in [2.45, 2.75) is 52.4 Å². The molecule has 2 aliphatic rings. The molecule has 0 N–H and O–H groups in total. The van der Waals surface area contributed by atoms with E-state index in [-0.39, 0.29) is 17.5 Å². The highest BCUT2D eigenvalue weighted by Gasteiger charge is 2.45. The highest BCUT2D eigenvalue weighted by atomic mass is 15.2. The molecule has 5 nitrogen and oxygen atoms in total. The molecule has 0 saturated carbocycles. The minimum Gasteiger partial charge on any atom is -0.309 e. The molecule has 0 amide bonds. The Morgan fingerprint density at radius 1 is 0.483 bits per heavy atom. The molecule has 9 aromatic rings. The molecule has 0 radical (unpaired) electrons. The van der Waals surface area contributed by atoms with Crippen molar-refractivity contribution in [3.8, 4) is 23.5 Å². The number of nitriles is 2. The third kappa shape index (κ3) is 4.46. The van der Waals surface area contributed by atoms with Gasteiger partial charge in [0.1, 0.15) is 23.3 Å². The fourth-order valence-electron chi connectivity index (χ4n) is 10.0. The smallest absolute Gasteiger partial charge is 0.252 e. The Balaban J connectivity index is 1.37. The summed E-state index contributed by atoms with van der Waals surface area (Å²) in [5.41, 5.74) is 14.9. The number of para-hydroxylation sites is 4. The number of fused-ring (bicyclic) bond motifs is 10. The van der Waals surface area contributed by atoms with Crippen LogP contribution in [-0.2, 0) is 10.8 Å². The van der Waals surface area contributed by atoms with Crippen molar-refractivity contribution < 1.29 is 0 Å². The van der Waals surface area contributed by atoms with Gasteiger partial charge in [-0.3, -0.25) is 0 Å². The van der Waals surface area contributed by atoms with E-state index < -0.39 is 0 Å². The molecule has 0 fully saturated rings. The Labute approximate surface area is 338 Å². The highest BCUT2D eigenvalue weighted by Crippen LogP contribution is 2.48. The van der Waals surface area contributed by atoms with Gasteiger partial charge in [-0.05, 0) is 74.7 Å². The third-order valence-corrected chi connectivity index (χ3v) is 12.7. The Morgan fingerprint density at radius 3 is 1.28 bits per heavy atom. The minimum atomic E-state index is -0.204. The summed E-state index contributed by atoms with van der Waals surface area (Å²) in [7, 11) is 0. The lowest BCUT2D eigenvalue weighted by Crippen LogP contribution is -2.60. The Morgan fingerprint density at radius 2 is 0.879 bits per heavy atom. The molecule has 58 heavy (non-hydrogen) atoms. The fourth-order valence-corrected chi connectivity index (χ4v) is 10.0. The average molecular weight is 746 g/mol. The van der Waals surface area contributed by atoms with Crippen LogP contribution in [-0.4, -0.2) is 15.8 Å². The van der Waals surface area contributed by atoms with E-state index in [4.69, 9.17) is 0 Å². The van der Waals surface area contributed by atoms with Crippen molar-refractivity contribution in [3.63, 3.8) is 0 Å². The van der Waals surface area contributed by atoms with E-state index >= 15 is 0 Å². The van der Waals surface area contributed by atoms with Crippen LogP contribution in [0.3, 0.4) is 0 Å². The molecule has 0 aliphatic carbocycles. The summed E-state index contributed by atoms with van der Waals surface area (Å²) in [4.78, 5) is 2.16. The van der Waals surface area contributed by atoms with Gasteiger partial charge in [-0.15, -0.1) is 0 Å². The maximum atomic E-state index is 11.8. The topological polar surface area (TPSA) is 60.7 Å². The summed E-state index contributed by atoms with van der Waals surface area (Å²) in [6.07, 6.45) is 0. The highest BCUT2D eigenvalue weighted by molar-refractivity contribution is 7.00. The molecule has 0 saturated heterocycles. The van der Waals surface area contributed by atoms with E-state index in [1.165, 1.54) is 22.1 Å². The number of nitrogens with zero attached hydrogens (tertiary/aromatic N) is 5. The van der Waals surface area contributed by atoms with E-state index in [1.54, 1.807) is 0 Å². The van der Waals surface area contributed by atoms with Gasteiger partial charge < -0.3 is 14.0 Å². The summed E-state index contributed by atoms with van der Waals surface area (Å²) in [6, 6.07) is 53.1. The molecule has 2 aliphatic heterocycles. The zero-order valence-electron chi connectivity index (χ0n) is 33.5. The Bertz CT molecular complexity index is 3100. The van der Waals surface area contributed by atoms with Gasteiger partial charge in [-0.1, -0.05) is 139 Å². The molecule has 276 valence electrons. The maximum absolute atomic E-state index is 11.8. The van der Waals surface area contributed by atoms with Gasteiger partial charge in [0.2, 0.25) is 0 Å². The molecular weight excluding hydrogens is 705 g/mol. The second-order valence-electron chi connectivity index (χ2n) is 18.0. The van der Waals surface area contributed by atoms with Gasteiger partial charge in [-0.25, -0.2) is 0 Å². The summed E-state index contributed by atoms with van der Waals surface area (Å²) in [6.45, 7) is 13.1. The fraction of sp³-hybridized carbons (Fsp3) is 0.154. The van der Waals surface area contributed by atoms with Gasteiger partial charge >= 0.3 is 0 Å². The molecule has 0 bridgehead atoms. The summed E-state index contributed by atoms with van der Waals surface area (Å²) in [5.74, 6) is 0. The van der Waals surface area contributed by atoms with Crippen LogP contribution in [0.2, 0.25) is 0 Å². The van der Waals surface area contributed by atoms with Crippen molar-refractivity contribution in [2.24, 2.45) is 0 Å². The normalized spacial score (nSPS) is 12.9. The molecule has 0 atom stereocenters. The van der Waals surface area contributed by atoms with Crippen LogP contribution in [0.15, 0.2) is 133 Å². The summed E-state index contributed by atoms with van der Waals surface area (Å²) < 4.78 is 4.66. The molecule has 11 rings (SSSR count). The van der Waals surface area contributed by atoms with Gasteiger partial charge in [0.15, 0.2) is 0 Å². The molecule has 2 aromatic heterocycles. The first-order chi connectivity index (χ1) is 28.0. The van der Waals surface area contributed by atoms with Crippen LogP contribution in [0, 0.1) is 22.7 Å². The van der Waals surface area contributed by atoms with Crippen LogP contribution in [0.25, 0.3) is 55.0 Å². The lowest BCUT2D eigenvalue weighted by atomic mass is 9.34. The van der Waals surface area contributed by atoms with E-state index in [0.29, 0.717) is 16.8 Å². The Hall–Kier alpha value is -7.02. The standard InChI is InChI=1S/C52H40BN5/c1-51(2,3)31-21-25-33(26-22-31)56(34-27-23-32(24-28-34)52(4,5)6)46-39(29-54)49-45-50(40(46)30-55)58-44-20-10-8-14-36(44)38-16-12-18-42(48(38)58)53(45)41-17-11-15-37-35-13-7-9-19-43(35)57(49)47(37)41/h7-28H,1-6H3. The first-order valence-electron chi connectivity index (χ1n) is 20.1. The van der Waals surface area contributed by atoms with E-state index in [1.807, 2.05) is 0 Å². The first-order valence-corrected chi connectivity index (χ1v) is 20.1. The van der Waals surface area contributed by atoms with E-state index in [9.17, 15) is 10.5 Å². The predicted octanol–water partition coefficient (Wildman–Crippen LogP) is 10.8. The van der Waals surface area contributed by atoms with Gasteiger partial charge in [-0.2, -0.15) is 10.5 Å². The lowest BCUT2D eigenvalue weighted by molar-refractivity contribution is 0.590. The van der Waals surface area contributed by atoms with Crippen LogP contribution < -0.4 is 21.3 Å². The molecule has 6 heteroatoms. The number of rotatable bonds is 3. The van der Waals surface area contributed by atoms with Crippen molar-refractivity contribution in [1.29, 1.82) is 10.5 Å². The summed E-state index contributed by atoms with van der Waals surface area (Å²) in [5, 5.41) is 28.2. The number of benzene rings is 7. The number of anilines is 3. The number of aromatic nitrogens is 2. The Kier molecular flexibility index (Phi) is 6.95. The number of hydrogen-bond acceptors (Lipinski definition) is 3. The van der Waals surface area contributed by atoms with Crippen LogP contribution >= 0.6 is 0 Å². The lowest BCUT2D eigenvalue weighted by Gasteiger charge is -2.37. The quantitative estimate of drug-likeness (QED) is 0.169. The predicted molar refractivity (Wildman–Crippen MR) is 241 cm³/mol. The second-order valence-corrected chi connectivity index (χ2v) is 18.0. The van der Waals surface area contributed by atoms with Crippen LogP contribution in [0.4, 0.5) is 17.1 Å². The SMILES string of the molecule is CC(C)(C)c1ccc(N(c2ccc(C(C)(C)C)cc2)c2c(C#N)c3c4c(c2C#N)-n2c5ccccc5c5cccc(c52)B4c2cccc4c5ccccc5n-3c24)cc1. The van der Waals surface area contributed by atoms with Crippen molar-refractivity contribution in [3.05, 3.63) is 156 Å². The van der Waals surface area contributed by atoms with E-state index in [0.717, 1.165) is 71.8 Å². The molecule has 0 spiro atoms. The van der Waals surface area contributed by atoms with Crippen molar-refractivity contribution in [1.82, 2.24) is 9.13 Å². The molecule has 0 unspecified atom stereocenters. The average Bonchev–Trinajstić information content (AvgIpc) is 3.75. The largest absolute Gasteiger partial charge is 0.309 e. The van der Waals surface area contributed by atoms with E-state index in [2.05, 4.69) is 201 Å². The monoisotopic (exact) mass is 745 g/mol. The molecule has 4 heterocycles. The second kappa shape index (κ2) is 11.8. The zero-order chi connectivity index (χ0) is 39.8. The maximum Gasteiger partial charge on any atom is 0.252 e. The zero-order valence-corrected chi connectivity index (χ0v) is 33.5. The van der Waals surface area contributed by atoms with Gasteiger partial charge in [0.25, 0.3) is 6.71 Å². The number of hydrogen-bond donors (Lipinski definition) is 0. The summed E-state index contributed by atoms with van der Waals surface area (Å²) >= 11 is 0. The third-order valence-electron chi connectivity index (χ3n) is 12.7. The van der Waals surface area contributed by atoms with Crippen molar-refractivity contribution >= 4 is 83.8 Å². The molecule has 7 aromatic carbocycles. The van der Waals surface area contributed by atoms with Gasteiger partial charge in [0.05, 0.1) is 28.1 Å². The minimum absolute atomic E-state index is 0.0547. The van der Waals surface area contributed by atoms with Crippen LogP contribution in [0.5, 0.6) is 0 Å². The van der Waals surface area contributed by atoms with Crippen molar-refractivity contribution in [2.75, 3.05) is 4.90 Å². The van der Waals surface area contributed by atoms with Crippen LogP contribution in [0.1, 0.15) is 63.8 Å². The first kappa shape index (κ1) is 34.3.